The zero-order valence-corrected chi connectivity index (χ0v) is 22.4. The summed E-state index contributed by atoms with van der Waals surface area (Å²) in [6.07, 6.45) is 4.95. The number of rotatable bonds is 4. The average molecular weight is 557 g/mol. The van der Waals surface area contributed by atoms with E-state index in [9.17, 15) is 0 Å². The summed E-state index contributed by atoms with van der Waals surface area (Å²) in [6, 6.07) is 40.4. The van der Waals surface area contributed by atoms with Gasteiger partial charge in [-0.3, -0.25) is 0 Å². The SMILES string of the molecule is [CH3][Nd]([CH3])([CH]1C(c2ccccc2)=Cc2ccccc21)[CH]1C(c2ccccc2)=Cc2ccccc21. The summed E-state index contributed by atoms with van der Waals surface area (Å²) in [5.74, 6) is 0. The van der Waals surface area contributed by atoms with Crippen LogP contribution in [0.4, 0.5) is 0 Å². The van der Waals surface area contributed by atoms with Crippen LogP contribution < -0.4 is 0 Å². The summed E-state index contributed by atoms with van der Waals surface area (Å²) in [7, 11) is 0. The van der Waals surface area contributed by atoms with Gasteiger partial charge in [0.05, 0.1) is 0 Å². The van der Waals surface area contributed by atoms with Crippen LogP contribution in [0, 0.1) is 32.6 Å². The molecule has 0 heterocycles. The molecule has 1 heteroatoms. The monoisotopic (exact) mass is 554 g/mol. The van der Waals surface area contributed by atoms with Gasteiger partial charge in [-0.25, -0.2) is 0 Å². The number of hydrogen-bond acceptors (Lipinski definition) is 0. The van der Waals surface area contributed by atoms with Gasteiger partial charge in [-0.15, -0.1) is 0 Å². The summed E-state index contributed by atoms with van der Waals surface area (Å²) >= 11 is -3.13. The van der Waals surface area contributed by atoms with Crippen LogP contribution in [0.2, 0.25) is 5.15 Å². The zero-order valence-electron chi connectivity index (χ0n) is 19.2. The molecule has 0 nitrogen and oxygen atoms in total. The first kappa shape index (κ1) is 21.3. The molecule has 4 aromatic rings. The first-order valence-electron chi connectivity index (χ1n) is 11.9. The first-order valence-corrected chi connectivity index (χ1v) is 22.0. The first-order chi connectivity index (χ1) is 16.1. The quantitative estimate of drug-likeness (QED) is 0.236. The van der Waals surface area contributed by atoms with Crippen molar-refractivity contribution >= 4 is 23.3 Å². The Bertz CT molecular complexity index is 1270. The molecule has 6 rings (SSSR count). The Labute approximate surface area is 205 Å². The van der Waals surface area contributed by atoms with E-state index in [1.54, 1.807) is 11.1 Å². The molecule has 0 spiro atoms. The molecule has 0 bridgehead atoms. The third-order valence-corrected chi connectivity index (χ3v) is 21.1. The van der Waals surface area contributed by atoms with E-state index in [-0.39, 0.29) is 0 Å². The number of benzene rings is 4. The van der Waals surface area contributed by atoms with Gasteiger partial charge in [0.15, 0.2) is 0 Å². The molecule has 0 amide bonds. The van der Waals surface area contributed by atoms with Crippen molar-refractivity contribution in [3.63, 3.8) is 0 Å². The Hall–Kier alpha value is -2.29. The molecule has 0 aliphatic heterocycles. The second kappa shape index (κ2) is 8.49. The molecule has 33 heavy (non-hydrogen) atoms. The van der Waals surface area contributed by atoms with Gasteiger partial charge in [0.1, 0.15) is 0 Å². The van der Waals surface area contributed by atoms with Crippen LogP contribution in [0.15, 0.2) is 109 Å². The van der Waals surface area contributed by atoms with Gasteiger partial charge in [-0.05, 0) is 0 Å². The van der Waals surface area contributed by atoms with E-state index in [0.29, 0.717) is 3.14 Å². The third kappa shape index (κ3) is 3.59. The normalized spacial score (nSPS) is 19.0. The van der Waals surface area contributed by atoms with Crippen LogP contribution in [0.1, 0.15) is 36.5 Å². The van der Waals surface area contributed by atoms with E-state index >= 15 is 0 Å². The van der Waals surface area contributed by atoms with E-state index < -0.39 is 32.6 Å². The van der Waals surface area contributed by atoms with Crippen LogP contribution in [0.3, 0.4) is 0 Å². The van der Waals surface area contributed by atoms with Crippen LogP contribution in [0.25, 0.3) is 23.3 Å². The number of hydrogen-bond donors (Lipinski definition) is 0. The van der Waals surface area contributed by atoms with Crippen LogP contribution in [0.5, 0.6) is 0 Å². The summed E-state index contributed by atoms with van der Waals surface area (Å²) in [5, 5.41) is 0. The number of allylic oxidation sites excluding steroid dienone is 2. The summed E-state index contributed by atoms with van der Waals surface area (Å²) in [4.78, 5) is 0. The van der Waals surface area contributed by atoms with Crippen LogP contribution in [-0.4, -0.2) is 0 Å². The summed E-state index contributed by atoms with van der Waals surface area (Å²) < 4.78 is 6.44. The van der Waals surface area contributed by atoms with Crippen molar-refractivity contribution in [3.8, 4) is 0 Å². The maximum atomic E-state index is 2.69. The molecule has 2 aliphatic carbocycles. The van der Waals surface area contributed by atoms with E-state index in [2.05, 4.69) is 126 Å². The molecule has 0 fully saturated rings. The predicted molar refractivity (Wildman–Crippen MR) is 139 cm³/mol. The summed E-state index contributed by atoms with van der Waals surface area (Å²) in [5.41, 5.74) is 11.7. The molecule has 0 N–H and O–H groups in total. The molecule has 160 valence electrons. The van der Waals surface area contributed by atoms with Gasteiger partial charge >= 0.3 is 207 Å². The molecule has 2 aliphatic rings. The van der Waals surface area contributed by atoms with Crippen molar-refractivity contribution in [1.29, 1.82) is 0 Å². The topological polar surface area (TPSA) is 0 Å². The van der Waals surface area contributed by atoms with Gasteiger partial charge in [0.25, 0.3) is 0 Å². The predicted octanol–water partition coefficient (Wildman–Crippen LogP) is 8.83. The van der Waals surface area contributed by atoms with Gasteiger partial charge in [-0.1, -0.05) is 0 Å². The van der Waals surface area contributed by atoms with Crippen molar-refractivity contribution in [2.45, 2.75) is 8.28 Å². The molecule has 0 radical (unpaired) electrons. The Kier molecular flexibility index (Phi) is 5.47. The Morgan fingerprint density at radius 3 is 1.24 bits per heavy atom. The summed E-state index contributed by atoms with van der Waals surface area (Å²) in [6.45, 7) is 0. The maximum absolute atomic E-state index is 3.13. The molecular formula is C32H28Nd. The van der Waals surface area contributed by atoms with E-state index in [4.69, 9.17) is 0 Å². The van der Waals surface area contributed by atoms with Gasteiger partial charge in [0.2, 0.25) is 0 Å². The molecule has 2 unspecified atom stereocenters. The average Bonchev–Trinajstić information content (AvgIpc) is 3.45. The molecule has 0 aromatic heterocycles. The molecule has 4 aromatic carbocycles. The standard InChI is InChI=1S/2C15H11.2CH3.Nd/c2*1-2-6-12(7-3-1)15-10-13-8-4-5-9-14(13)11-15;;;/h2*1-11H;2*1H3;. The van der Waals surface area contributed by atoms with Gasteiger partial charge < -0.3 is 0 Å². The fraction of sp³-hybridized carbons (Fsp3) is 0.125. The van der Waals surface area contributed by atoms with Crippen molar-refractivity contribution in [2.75, 3.05) is 0 Å². The molecule has 2 atom stereocenters. The minimum absolute atomic E-state index is 0.527. The minimum atomic E-state index is -3.13. The van der Waals surface area contributed by atoms with Crippen molar-refractivity contribution < 1.29 is 32.6 Å². The number of fused-ring (bicyclic) bond motifs is 2. The van der Waals surface area contributed by atoms with Crippen molar-refractivity contribution in [2.24, 2.45) is 0 Å². The van der Waals surface area contributed by atoms with Crippen LogP contribution in [-0.2, 0) is 0 Å². The fourth-order valence-electron chi connectivity index (χ4n) is 6.18. The zero-order chi connectivity index (χ0) is 22.4. The third-order valence-electron chi connectivity index (χ3n) is 7.56. The fourth-order valence-corrected chi connectivity index (χ4v) is 20.8. The second-order valence-corrected chi connectivity index (χ2v) is 25.3. The second-order valence-electron chi connectivity index (χ2n) is 9.88. The Morgan fingerprint density at radius 1 is 0.455 bits per heavy atom. The van der Waals surface area contributed by atoms with Gasteiger partial charge in [0, 0.05) is 0 Å². The Balaban J connectivity index is 1.54. The van der Waals surface area contributed by atoms with Crippen molar-refractivity contribution in [1.82, 2.24) is 0 Å². The molecule has 0 saturated heterocycles. The molecular weight excluding hydrogens is 529 g/mol. The van der Waals surface area contributed by atoms with E-state index in [0.717, 1.165) is 0 Å². The van der Waals surface area contributed by atoms with E-state index in [1.165, 1.54) is 33.4 Å². The van der Waals surface area contributed by atoms with Gasteiger partial charge in [-0.2, -0.15) is 0 Å². The molecule has 0 saturated carbocycles. The van der Waals surface area contributed by atoms with Crippen molar-refractivity contribution in [3.05, 3.63) is 143 Å². The van der Waals surface area contributed by atoms with Crippen LogP contribution >= 0.6 is 0 Å². The van der Waals surface area contributed by atoms with E-state index in [1.807, 2.05) is 0 Å². The Morgan fingerprint density at radius 2 is 0.818 bits per heavy atom.